The molecule has 3 aromatic heterocycles. The van der Waals surface area contributed by atoms with Crippen LogP contribution in [0.2, 0.25) is 0 Å². The summed E-state index contributed by atoms with van der Waals surface area (Å²) in [6.45, 7) is 0.533. The first-order valence-electron chi connectivity index (χ1n) is 10.00. The van der Waals surface area contributed by atoms with Crippen molar-refractivity contribution in [1.82, 2.24) is 19.6 Å². The Hall–Kier alpha value is -4.07. The summed E-state index contributed by atoms with van der Waals surface area (Å²) in [5, 5.41) is 14.9. The monoisotopic (exact) mass is 413 g/mol. The number of ketones is 1. The number of hydrogen-bond donors (Lipinski definition) is 3. The Morgan fingerprint density at radius 1 is 1.06 bits per heavy atom. The van der Waals surface area contributed by atoms with Crippen LogP contribution in [0.25, 0.3) is 16.6 Å². The third-order valence-electron chi connectivity index (χ3n) is 4.84. The molecule has 0 unspecified atom stereocenters. The molecule has 8 nitrogen and oxygen atoms in total. The first-order chi connectivity index (χ1) is 15.1. The molecule has 4 N–H and O–H groups in total. The van der Waals surface area contributed by atoms with Crippen molar-refractivity contribution in [2.24, 2.45) is 5.73 Å². The van der Waals surface area contributed by atoms with Gasteiger partial charge in [0.2, 0.25) is 5.95 Å². The molecule has 0 aliphatic heterocycles. The van der Waals surface area contributed by atoms with Gasteiger partial charge in [-0.3, -0.25) is 10.2 Å². The van der Waals surface area contributed by atoms with Crippen LogP contribution >= 0.6 is 0 Å². The van der Waals surface area contributed by atoms with Crippen molar-refractivity contribution in [2.45, 2.75) is 25.8 Å². The predicted molar refractivity (Wildman–Crippen MR) is 120 cm³/mol. The number of carbonyl (C=O) groups excluding carboxylic acids is 1. The highest BCUT2D eigenvalue weighted by Gasteiger charge is 2.07. The quantitative estimate of drug-likeness (QED) is 0.286. The van der Waals surface area contributed by atoms with Crippen molar-refractivity contribution in [2.75, 3.05) is 5.32 Å². The molecule has 0 fully saturated rings. The minimum Gasteiger partial charge on any atom is -0.387 e. The molecule has 0 atom stereocenters. The van der Waals surface area contributed by atoms with Crippen molar-refractivity contribution < 1.29 is 4.79 Å². The van der Waals surface area contributed by atoms with Crippen molar-refractivity contribution in [1.29, 1.82) is 5.41 Å². The summed E-state index contributed by atoms with van der Waals surface area (Å²) in [7, 11) is 0. The number of nitrogens with zero attached hydrogens (tertiary/aromatic N) is 4. The maximum Gasteiger partial charge on any atom is 0.222 e. The summed E-state index contributed by atoms with van der Waals surface area (Å²) in [4.78, 5) is 20.6. The van der Waals surface area contributed by atoms with E-state index in [9.17, 15) is 4.79 Å². The number of rotatable bonds is 9. The molecular weight excluding hydrogens is 390 g/mol. The largest absolute Gasteiger partial charge is 0.387 e. The molecule has 0 radical (unpaired) electrons. The summed E-state index contributed by atoms with van der Waals surface area (Å²) in [6, 6.07) is 15.9. The van der Waals surface area contributed by atoms with Crippen LogP contribution in [0.5, 0.6) is 0 Å². The summed E-state index contributed by atoms with van der Waals surface area (Å²) >= 11 is 0. The molecule has 4 rings (SSSR count). The molecule has 31 heavy (non-hydrogen) atoms. The van der Waals surface area contributed by atoms with Crippen LogP contribution in [-0.4, -0.2) is 31.2 Å². The molecule has 0 aliphatic carbocycles. The zero-order chi connectivity index (χ0) is 21.6. The van der Waals surface area contributed by atoms with Gasteiger partial charge in [0.1, 0.15) is 5.78 Å². The van der Waals surface area contributed by atoms with E-state index in [1.807, 2.05) is 59.2 Å². The minimum absolute atomic E-state index is 0.0109. The highest BCUT2D eigenvalue weighted by molar-refractivity contribution is 5.98. The maximum atomic E-state index is 11.8. The van der Waals surface area contributed by atoms with Gasteiger partial charge in [0.25, 0.3) is 0 Å². The molecule has 0 aliphatic rings. The highest BCUT2D eigenvalue weighted by atomic mass is 16.1. The van der Waals surface area contributed by atoms with E-state index in [2.05, 4.69) is 20.4 Å². The fraction of sp³-hybridized carbons (Fsp3) is 0.174. The van der Waals surface area contributed by atoms with Gasteiger partial charge < -0.3 is 11.1 Å². The summed E-state index contributed by atoms with van der Waals surface area (Å²) in [6.07, 6.45) is 6.46. The van der Waals surface area contributed by atoms with Crippen LogP contribution in [-0.2, 0) is 17.8 Å². The van der Waals surface area contributed by atoms with E-state index in [1.54, 1.807) is 12.4 Å². The van der Waals surface area contributed by atoms with Crippen LogP contribution in [0.3, 0.4) is 0 Å². The Morgan fingerprint density at radius 3 is 2.68 bits per heavy atom. The molecule has 0 saturated carbocycles. The average molecular weight is 413 g/mol. The predicted octanol–water partition coefficient (Wildman–Crippen LogP) is 3.23. The number of carbonyl (C=O) groups is 1. The van der Waals surface area contributed by atoms with E-state index < -0.39 is 0 Å². The van der Waals surface area contributed by atoms with Crippen molar-refractivity contribution in [3.63, 3.8) is 0 Å². The number of fused-ring (bicyclic) bond motifs is 1. The number of benzene rings is 1. The normalized spacial score (nSPS) is 10.8. The van der Waals surface area contributed by atoms with E-state index in [0.717, 1.165) is 27.9 Å². The second-order valence-corrected chi connectivity index (χ2v) is 7.30. The maximum absolute atomic E-state index is 11.8. The molecule has 0 saturated heterocycles. The second kappa shape index (κ2) is 9.17. The molecular formula is C23H23N7O. The van der Waals surface area contributed by atoms with E-state index in [0.29, 0.717) is 25.3 Å². The topological polar surface area (TPSA) is 122 Å². The van der Waals surface area contributed by atoms with Crippen LogP contribution in [0.1, 0.15) is 24.1 Å². The molecule has 0 spiro atoms. The van der Waals surface area contributed by atoms with E-state index in [4.69, 9.17) is 11.1 Å². The Kier molecular flexibility index (Phi) is 5.98. The third-order valence-corrected chi connectivity index (χ3v) is 4.84. The van der Waals surface area contributed by atoms with E-state index >= 15 is 0 Å². The van der Waals surface area contributed by atoms with Gasteiger partial charge in [-0.15, -0.1) is 0 Å². The Morgan fingerprint density at radius 2 is 1.90 bits per heavy atom. The number of anilines is 1. The van der Waals surface area contributed by atoms with Gasteiger partial charge in [0, 0.05) is 30.6 Å². The van der Waals surface area contributed by atoms with Crippen molar-refractivity contribution >= 4 is 23.1 Å². The van der Waals surface area contributed by atoms with Crippen LogP contribution < -0.4 is 11.1 Å². The molecule has 156 valence electrons. The summed E-state index contributed by atoms with van der Waals surface area (Å²) in [5.74, 6) is 0.417. The highest BCUT2D eigenvalue weighted by Crippen LogP contribution is 2.20. The fourth-order valence-electron chi connectivity index (χ4n) is 3.31. The van der Waals surface area contributed by atoms with Gasteiger partial charge in [-0.2, -0.15) is 5.10 Å². The number of amidine groups is 1. The zero-order valence-corrected chi connectivity index (χ0v) is 17.0. The number of Topliss-reactive ketones (excluding diaryl/α,β-unsaturated/α-hetero) is 1. The van der Waals surface area contributed by atoms with Gasteiger partial charge in [-0.1, -0.05) is 30.3 Å². The number of nitrogens with two attached hydrogens (primary N) is 1. The Labute approximate surface area is 179 Å². The lowest BCUT2D eigenvalue weighted by molar-refractivity contribution is -0.117. The first-order valence-corrected chi connectivity index (χ1v) is 10.00. The fourth-order valence-corrected chi connectivity index (χ4v) is 3.31. The smallest absolute Gasteiger partial charge is 0.222 e. The molecule has 4 aromatic rings. The van der Waals surface area contributed by atoms with Crippen molar-refractivity contribution in [3.8, 4) is 11.1 Å². The second-order valence-electron chi connectivity index (χ2n) is 7.30. The number of pyridine rings is 1. The van der Waals surface area contributed by atoms with Crippen LogP contribution in [0.15, 0.2) is 67.1 Å². The average Bonchev–Trinajstić information content (AvgIpc) is 3.19. The van der Waals surface area contributed by atoms with Gasteiger partial charge in [-0.25, -0.2) is 14.5 Å². The molecule has 1 aromatic carbocycles. The van der Waals surface area contributed by atoms with Gasteiger partial charge in [-0.05, 0) is 35.7 Å². The van der Waals surface area contributed by atoms with Gasteiger partial charge >= 0.3 is 0 Å². The molecule has 0 bridgehead atoms. The Balaban J connectivity index is 1.37. The molecule has 8 heteroatoms. The van der Waals surface area contributed by atoms with Gasteiger partial charge in [0.05, 0.1) is 30.0 Å². The lowest BCUT2D eigenvalue weighted by atomic mass is 10.0. The van der Waals surface area contributed by atoms with Crippen LogP contribution in [0.4, 0.5) is 5.95 Å². The number of aromatic nitrogens is 4. The minimum atomic E-state index is -0.0919. The SMILES string of the molecule is N=C(N)CC(=O)CCc1cccc(-c2cnc(NCc3cc4ccccn4n3)nc2)c1. The first kappa shape index (κ1) is 20.2. The summed E-state index contributed by atoms with van der Waals surface area (Å²) in [5.41, 5.74) is 10.2. The van der Waals surface area contributed by atoms with E-state index in [-0.39, 0.29) is 18.0 Å². The van der Waals surface area contributed by atoms with Gasteiger partial charge in [0.15, 0.2) is 0 Å². The van der Waals surface area contributed by atoms with Crippen LogP contribution in [0, 0.1) is 5.41 Å². The molecule has 3 heterocycles. The summed E-state index contributed by atoms with van der Waals surface area (Å²) < 4.78 is 1.83. The third kappa shape index (κ3) is 5.30. The van der Waals surface area contributed by atoms with E-state index in [1.165, 1.54) is 0 Å². The lowest BCUT2D eigenvalue weighted by Gasteiger charge is -2.07. The lowest BCUT2D eigenvalue weighted by Crippen LogP contribution is -2.15. The molecule has 0 amide bonds. The standard InChI is InChI=1S/C23H23N7O/c24-22(25)12-21(31)8-7-16-4-3-5-17(10-16)18-13-26-23(27-14-18)28-15-19-11-20-6-1-2-9-30(20)29-19/h1-6,9-11,13-14H,7-8,12,15H2,(H3,24,25)(H,26,27,28). The Bertz CT molecular complexity index is 1180. The number of hydrogen-bond acceptors (Lipinski definition) is 6. The number of nitrogens with one attached hydrogen (secondary N) is 2. The zero-order valence-electron chi connectivity index (χ0n) is 17.0. The van der Waals surface area contributed by atoms with Crippen molar-refractivity contribution in [3.05, 3.63) is 78.4 Å². The number of aryl methyl sites for hydroxylation is 1.